The van der Waals surface area contributed by atoms with Crippen LogP contribution < -0.4 is 10.1 Å². The number of halogens is 1. The van der Waals surface area contributed by atoms with Crippen molar-refractivity contribution in [3.05, 3.63) is 63.2 Å². The highest BCUT2D eigenvalue weighted by molar-refractivity contribution is 6.34. The second-order valence-corrected chi connectivity index (χ2v) is 7.49. The summed E-state index contributed by atoms with van der Waals surface area (Å²) in [6, 6.07) is 12.2. The fourth-order valence-corrected chi connectivity index (χ4v) is 3.88. The largest absolute Gasteiger partial charge is 0.497 e. The molecule has 1 saturated heterocycles. The van der Waals surface area contributed by atoms with Crippen LogP contribution in [0.2, 0.25) is 5.02 Å². The van der Waals surface area contributed by atoms with E-state index in [-0.39, 0.29) is 29.2 Å². The van der Waals surface area contributed by atoms with Crippen LogP contribution in [0.5, 0.6) is 5.75 Å². The van der Waals surface area contributed by atoms with Gasteiger partial charge < -0.3 is 10.1 Å². The number of nitro benzene ring substituents is 1. The molecular formula is C21H24ClN3O4. The van der Waals surface area contributed by atoms with E-state index in [2.05, 4.69) is 10.2 Å². The number of ether oxygens (including phenoxy) is 1. The summed E-state index contributed by atoms with van der Waals surface area (Å²) in [4.78, 5) is 25.2. The molecule has 8 heteroatoms. The smallest absolute Gasteiger partial charge is 0.271 e. The number of rotatable bonds is 6. The van der Waals surface area contributed by atoms with E-state index < -0.39 is 4.92 Å². The molecule has 1 atom stereocenters. The zero-order chi connectivity index (χ0) is 20.8. The Labute approximate surface area is 174 Å². The Balaban J connectivity index is 1.71. The minimum Gasteiger partial charge on any atom is -0.497 e. The maximum atomic E-state index is 12.7. The number of nitro groups is 1. The van der Waals surface area contributed by atoms with Gasteiger partial charge in [0, 0.05) is 18.2 Å². The average molecular weight is 418 g/mol. The fourth-order valence-electron chi connectivity index (χ4n) is 3.65. The molecule has 0 radical (unpaired) electrons. The van der Waals surface area contributed by atoms with Crippen LogP contribution in [0.15, 0.2) is 42.5 Å². The number of hydrogen-bond acceptors (Lipinski definition) is 5. The molecule has 29 heavy (non-hydrogen) atoms. The minimum atomic E-state index is -0.520. The average Bonchev–Trinajstić information content (AvgIpc) is 2.95. The Morgan fingerprint density at radius 3 is 2.66 bits per heavy atom. The summed E-state index contributed by atoms with van der Waals surface area (Å²) in [6.45, 7) is 1.06. The molecule has 0 saturated carbocycles. The van der Waals surface area contributed by atoms with Gasteiger partial charge in [-0.15, -0.1) is 0 Å². The molecule has 2 aromatic carbocycles. The highest BCUT2D eigenvalue weighted by Crippen LogP contribution is 2.31. The quantitative estimate of drug-likeness (QED) is 0.538. The first-order chi connectivity index (χ1) is 14.0. The zero-order valence-corrected chi connectivity index (χ0v) is 17.0. The molecule has 0 spiro atoms. The third-order valence-corrected chi connectivity index (χ3v) is 5.46. The van der Waals surface area contributed by atoms with E-state index in [1.165, 1.54) is 18.2 Å². The molecular weight excluding hydrogens is 394 g/mol. The second kappa shape index (κ2) is 9.71. The van der Waals surface area contributed by atoms with Gasteiger partial charge in [-0.05, 0) is 43.1 Å². The van der Waals surface area contributed by atoms with Crippen LogP contribution in [-0.2, 0) is 4.79 Å². The number of amides is 1. The van der Waals surface area contributed by atoms with Crippen molar-refractivity contribution in [1.29, 1.82) is 0 Å². The lowest BCUT2D eigenvalue weighted by Gasteiger charge is -2.30. The summed E-state index contributed by atoms with van der Waals surface area (Å²) in [6.07, 6.45) is 4.28. The van der Waals surface area contributed by atoms with Crippen LogP contribution in [0.3, 0.4) is 0 Å². The number of benzene rings is 2. The van der Waals surface area contributed by atoms with Crippen LogP contribution in [-0.4, -0.2) is 35.9 Å². The first kappa shape index (κ1) is 21.1. The van der Waals surface area contributed by atoms with Gasteiger partial charge in [0.05, 0.1) is 29.3 Å². The number of carbonyl (C=O) groups excluding carboxylic acids is 1. The zero-order valence-electron chi connectivity index (χ0n) is 16.3. The van der Waals surface area contributed by atoms with Crippen LogP contribution in [0.1, 0.15) is 37.3 Å². The van der Waals surface area contributed by atoms with E-state index >= 15 is 0 Å². The molecule has 0 bridgehead atoms. The van der Waals surface area contributed by atoms with Gasteiger partial charge in [0.15, 0.2) is 0 Å². The maximum absolute atomic E-state index is 12.7. The van der Waals surface area contributed by atoms with Crippen molar-refractivity contribution in [3.63, 3.8) is 0 Å². The summed E-state index contributed by atoms with van der Waals surface area (Å²) >= 11 is 6.09. The maximum Gasteiger partial charge on any atom is 0.271 e. The Morgan fingerprint density at radius 1 is 1.24 bits per heavy atom. The number of anilines is 1. The Hall–Kier alpha value is -2.64. The summed E-state index contributed by atoms with van der Waals surface area (Å²) in [7, 11) is 1.64. The molecule has 1 N–H and O–H groups in total. The van der Waals surface area contributed by atoms with Crippen LogP contribution in [0.25, 0.3) is 0 Å². The molecule has 1 fully saturated rings. The number of nitrogens with one attached hydrogen (secondary N) is 1. The Bertz CT molecular complexity index is 873. The first-order valence-electron chi connectivity index (χ1n) is 9.59. The van der Waals surface area contributed by atoms with Gasteiger partial charge in [-0.2, -0.15) is 0 Å². The van der Waals surface area contributed by atoms with Gasteiger partial charge in [-0.3, -0.25) is 19.8 Å². The van der Waals surface area contributed by atoms with Crippen molar-refractivity contribution in [3.8, 4) is 5.75 Å². The van der Waals surface area contributed by atoms with Gasteiger partial charge >= 0.3 is 0 Å². The van der Waals surface area contributed by atoms with E-state index in [9.17, 15) is 14.9 Å². The molecule has 154 valence electrons. The normalized spacial score (nSPS) is 17.4. The molecule has 7 nitrogen and oxygen atoms in total. The second-order valence-electron chi connectivity index (χ2n) is 7.08. The molecule has 0 aromatic heterocycles. The lowest BCUT2D eigenvalue weighted by Crippen LogP contribution is -2.36. The van der Waals surface area contributed by atoms with E-state index in [0.29, 0.717) is 5.69 Å². The van der Waals surface area contributed by atoms with E-state index in [1.54, 1.807) is 7.11 Å². The van der Waals surface area contributed by atoms with Gasteiger partial charge in [-0.25, -0.2) is 0 Å². The van der Waals surface area contributed by atoms with Crippen LogP contribution >= 0.6 is 11.6 Å². The SMILES string of the molecule is COc1ccc([C@@H]2CCCCCN2CC(=O)Nc2ccc([N+](=O)[O-])cc2Cl)cc1. The first-order valence-corrected chi connectivity index (χ1v) is 9.97. The summed E-state index contributed by atoms with van der Waals surface area (Å²) < 4.78 is 5.24. The summed E-state index contributed by atoms with van der Waals surface area (Å²) in [5.74, 6) is 0.612. The van der Waals surface area contributed by atoms with Crippen LogP contribution in [0.4, 0.5) is 11.4 Å². The molecule has 1 aliphatic rings. The third-order valence-electron chi connectivity index (χ3n) is 5.15. The molecule has 0 unspecified atom stereocenters. The number of hydrogen-bond donors (Lipinski definition) is 1. The minimum absolute atomic E-state index is 0.111. The monoisotopic (exact) mass is 417 g/mol. The number of non-ortho nitro benzene ring substituents is 1. The molecule has 3 rings (SSSR count). The van der Waals surface area contributed by atoms with Crippen molar-refractivity contribution < 1.29 is 14.5 Å². The number of nitrogens with zero attached hydrogens (tertiary/aromatic N) is 2. The predicted molar refractivity (Wildman–Crippen MR) is 113 cm³/mol. The number of likely N-dealkylation sites (tertiary alicyclic amines) is 1. The predicted octanol–water partition coefficient (Wildman–Crippen LogP) is 4.81. The lowest BCUT2D eigenvalue weighted by atomic mass is 10.0. The van der Waals surface area contributed by atoms with Gasteiger partial charge in [-0.1, -0.05) is 36.6 Å². The lowest BCUT2D eigenvalue weighted by molar-refractivity contribution is -0.384. The van der Waals surface area contributed by atoms with E-state index in [4.69, 9.17) is 16.3 Å². The van der Waals surface area contributed by atoms with E-state index in [1.807, 2.05) is 24.3 Å². The number of carbonyl (C=O) groups is 1. The van der Waals surface area contributed by atoms with Crippen molar-refractivity contribution in [2.45, 2.75) is 31.7 Å². The summed E-state index contributed by atoms with van der Waals surface area (Å²) in [5, 5.41) is 13.8. The van der Waals surface area contributed by atoms with Crippen molar-refractivity contribution in [2.75, 3.05) is 25.5 Å². The fraction of sp³-hybridized carbons (Fsp3) is 0.381. The molecule has 0 aliphatic carbocycles. The molecule has 1 heterocycles. The van der Waals surface area contributed by atoms with Crippen molar-refractivity contribution in [1.82, 2.24) is 4.90 Å². The molecule has 2 aromatic rings. The van der Waals surface area contributed by atoms with Gasteiger partial charge in [0.1, 0.15) is 5.75 Å². The van der Waals surface area contributed by atoms with Gasteiger partial charge in [0.2, 0.25) is 5.91 Å². The number of methoxy groups -OCH3 is 1. The third kappa shape index (κ3) is 5.46. The van der Waals surface area contributed by atoms with Crippen molar-refractivity contribution >= 4 is 28.9 Å². The van der Waals surface area contributed by atoms with E-state index in [0.717, 1.165) is 43.5 Å². The Kier molecular flexibility index (Phi) is 7.06. The summed E-state index contributed by atoms with van der Waals surface area (Å²) in [5.41, 5.74) is 1.42. The molecule has 1 amide bonds. The Morgan fingerprint density at radius 2 is 2.00 bits per heavy atom. The van der Waals surface area contributed by atoms with Crippen LogP contribution in [0, 0.1) is 10.1 Å². The molecule has 1 aliphatic heterocycles. The van der Waals surface area contributed by atoms with Crippen molar-refractivity contribution in [2.24, 2.45) is 0 Å². The highest BCUT2D eigenvalue weighted by atomic mass is 35.5. The van der Waals surface area contributed by atoms with Gasteiger partial charge in [0.25, 0.3) is 5.69 Å². The topological polar surface area (TPSA) is 84.7 Å². The standard InChI is InChI=1S/C21H24ClN3O4/c1-29-17-9-6-15(7-10-17)20-5-3-2-4-12-24(20)14-21(26)23-19-11-8-16(25(27)28)13-18(19)22/h6-11,13,20H,2-5,12,14H2,1H3,(H,23,26)/t20-/m0/s1. The highest BCUT2D eigenvalue weighted by Gasteiger charge is 2.25.